The molecule has 0 amide bonds. The van der Waals surface area contributed by atoms with Crippen LogP contribution in [-0.2, 0) is 18.3 Å². The molecule has 2 unspecified atom stereocenters. The molecule has 0 saturated heterocycles. The maximum absolute atomic E-state index is 2.54. The molecule has 0 N–H and O–H groups in total. The second-order valence-electron chi connectivity index (χ2n) is 16.5. The topological polar surface area (TPSA) is 0 Å². The van der Waals surface area contributed by atoms with Crippen LogP contribution in [0.1, 0.15) is 99.3 Å². The van der Waals surface area contributed by atoms with Crippen LogP contribution in [0.25, 0.3) is 33.4 Å². The Hall–Kier alpha value is -2.94. The molecule has 6 aromatic carbocycles. The summed E-state index contributed by atoms with van der Waals surface area (Å²) in [6, 6.07) is 59.2. The SMILES string of the molecule is [InH2][CH](CCCCCCCc1ccc(-c2ccccc2)cc1)C1([CH]([InH2])CCCCCCCc2ccc(-c3ccccc3)cc2)c2ccccc2-c2ccccc21. The monoisotopic (exact) mass is 926 g/mol. The van der Waals surface area contributed by atoms with E-state index < -0.39 is 0 Å². The summed E-state index contributed by atoms with van der Waals surface area (Å²) in [6.07, 6.45) is 18.9. The number of aryl methyl sites for hydroxylation is 2. The summed E-state index contributed by atoms with van der Waals surface area (Å²) in [4.78, 5) is 0. The van der Waals surface area contributed by atoms with Crippen molar-refractivity contribution in [2.45, 2.75) is 103 Å². The van der Waals surface area contributed by atoms with Gasteiger partial charge in [-0.05, 0) is 11.1 Å². The average Bonchev–Trinajstić information content (AvgIpc) is 3.55. The van der Waals surface area contributed by atoms with Crippen LogP contribution in [0.3, 0.4) is 0 Å². The fraction of sp³-hybridized carbons (Fsp3) is 0.321. The van der Waals surface area contributed by atoms with E-state index in [0.717, 1.165) is 7.35 Å². The average molecular weight is 927 g/mol. The molecule has 0 aliphatic heterocycles. The molecule has 278 valence electrons. The van der Waals surface area contributed by atoms with E-state index in [9.17, 15) is 0 Å². The Morgan fingerprint density at radius 3 is 1.07 bits per heavy atom. The van der Waals surface area contributed by atoms with E-state index >= 15 is 0 Å². The van der Waals surface area contributed by atoms with Crippen LogP contribution in [0.5, 0.6) is 0 Å². The molecule has 6 aromatic rings. The first-order valence-corrected chi connectivity index (χ1v) is 28.2. The summed E-state index contributed by atoms with van der Waals surface area (Å²) in [5.41, 5.74) is 15.0. The molecule has 0 saturated carbocycles. The summed E-state index contributed by atoms with van der Waals surface area (Å²) in [5, 5.41) is 0. The van der Waals surface area contributed by atoms with E-state index in [1.165, 1.54) is 123 Å². The first kappa shape index (κ1) is 40.3. The third-order valence-corrected chi connectivity index (χ3v) is 21.4. The van der Waals surface area contributed by atoms with E-state index in [1.807, 2.05) is 0 Å². The Morgan fingerprint density at radius 1 is 0.327 bits per heavy atom. The van der Waals surface area contributed by atoms with Gasteiger partial charge in [-0.25, -0.2) is 0 Å². The van der Waals surface area contributed by atoms with E-state index in [0.29, 0.717) is 48.7 Å². The van der Waals surface area contributed by atoms with Crippen molar-refractivity contribution < 1.29 is 0 Å². The summed E-state index contributed by atoms with van der Waals surface area (Å²) < 4.78 is 1.73. The van der Waals surface area contributed by atoms with Crippen LogP contribution in [-0.4, -0.2) is 48.7 Å². The summed E-state index contributed by atoms with van der Waals surface area (Å²) in [7, 11) is 0. The molecule has 0 fully saturated rings. The Bertz CT molecular complexity index is 1880. The predicted molar refractivity (Wildman–Crippen MR) is 244 cm³/mol. The second kappa shape index (κ2) is 20.5. The Kier molecular flexibility index (Phi) is 15.0. The normalized spacial score (nSPS) is 13.9. The maximum atomic E-state index is 2.54. The summed E-state index contributed by atoms with van der Waals surface area (Å²) in [5.74, 6) is 0. The van der Waals surface area contributed by atoms with Gasteiger partial charge in [0.1, 0.15) is 0 Å². The summed E-state index contributed by atoms with van der Waals surface area (Å²) >= 11 is 1.12. The first-order chi connectivity index (χ1) is 27.1. The van der Waals surface area contributed by atoms with Gasteiger partial charge in [0.15, 0.2) is 0 Å². The van der Waals surface area contributed by atoms with Crippen LogP contribution in [0.15, 0.2) is 158 Å². The van der Waals surface area contributed by atoms with Crippen LogP contribution in [0, 0.1) is 0 Å². The third kappa shape index (κ3) is 9.96. The predicted octanol–water partition coefficient (Wildman–Crippen LogP) is 13.3. The quantitative estimate of drug-likeness (QED) is 0.0669. The second-order valence-corrected chi connectivity index (χ2v) is 24.5. The van der Waals surface area contributed by atoms with Crippen LogP contribution < -0.4 is 0 Å². The van der Waals surface area contributed by atoms with Crippen molar-refractivity contribution in [1.82, 2.24) is 0 Å². The van der Waals surface area contributed by atoms with Crippen LogP contribution in [0.4, 0.5) is 0 Å². The van der Waals surface area contributed by atoms with Crippen molar-refractivity contribution in [3.8, 4) is 33.4 Å². The zero-order valence-electron chi connectivity index (χ0n) is 33.6. The number of unbranched alkanes of at least 4 members (excludes halogenated alkanes) is 8. The van der Waals surface area contributed by atoms with Crippen molar-refractivity contribution in [2.24, 2.45) is 0 Å². The van der Waals surface area contributed by atoms with Crippen molar-refractivity contribution in [2.75, 3.05) is 0 Å². The molecule has 0 nitrogen and oxygen atoms in total. The fourth-order valence-electron chi connectivity index (χ4n) is 9.91. The Balaban J connectivity index is 0.886. The van der Waals surface area contributed by atoms with Gasteiger partial charge in [0.2, 0.25) is 0 Å². The standard InChI is InChI=1S/C53H56.2In.4H/c1(5-11-23-43-33-37-47(38-34-43)45-25-13-9-14-26-45)3-7-21-41-53(51-31-19-17-29-49(51)50-30-18-20-32-52(50)53)42-22-8-4-2-6-12-24-44-35-39-48(40-36-44)46-27-15-10-16-28-46;;;;;;/h9-10,13-20,25-42H,1-8,11-12,21-24H2;;;;;;. The minimum atomic E-state index is 0.275. The van der Waals surface area contributed by atoms with Crippen molar-refractivity contribution in [3.63, 3.8) is 0 Å². The molecule has 0 bridgehead atoms. The van der Waals surface area contributed by atoms with Gasteiger partial charge in [-0.15, -0.1) is 0 Å². The van der Waals surface area contributed by atoms with Gasteiger partial charge in [0.25, 0.3) is 0 Å². The van der Waals surface area contributed by atoms with E-state index in [1.54, 1.807) is 22.3 Å². The molecular weight excluding hydrogens is 866 g/mol. The van der Waals surface area contributed by atoms with Crippen molar-refractivity contribution in [3.05, 3.63) is 180 Å². The zero-order chi connectivity index (χ0) is 37.7. The third-order valence-electron chi connectivity index (χ3n) is 12.9. The van der Waals surface area contributed by atoms with Gasteiger partial charge >= 0.3 is 293 Å². The summed E-state index contributed by atoms with van der Waals surface area (Å²) in [6.45, 7) is 0. The Morgan fingerprint density at radius 2 is 0.655 bits per heavy atom. The van der Waals surface area contributed by atoms with Gasteiger partial charge in [-0.3, -0.25) is 0 Å². The molecule has 1 aliphatic carbocycles. The molecule has 0 radical (unpaired) electrons. The number of fused-ring (bicyclic) bond motifs is 3. The molecule has 1 aliphatic rings. The number of rotatable bonds is 20. The van der Waals surface area contributed by atoms with E-state index in [2.05, 4.69) is 158 Å². The Labute approximate surface area is 361 Å². The van der Waals surface area contributed by atoms with Crippen LogP contribution >= 0.6 is 0 Å². The number of benzene rings is 6. The molecule has 2 atom stereocenters. The number of hydrogen-bond donors (Lipinski definition) is 0. The molecule has 0 heterocycles. The van der Waals surface area contributed by atoms with E-state index in [4.69, 9.17) is 0 Å². The van der Waals surface area contributed by atoms with Crippen molar-refractivity contribution >= 4 is 48.7 Å². The molecular formula is C53H60In2. The minimum absolute atomic E-state index is 0.275. The molecule has 7 rings (SSSR count). The molecule has 0 aromatic heterocycles. The van der Waals surface area contributed by atoms with Gasteiger partial charge < -0.3 is 0 Å². The van der Waals surface area contributed by atoms with Crippen LogP contribution in [0.2, 0.25) is 7.35 Å². The molecule has 55 heavy (non-hydrogen) atoms. The number of hydrogen-bond acceptors (Lipinski definition) is 0. The van der Waals surface area contributed by atoms with Gasteiger partial charge in [0, 0.05) is 0 Å². The van der Waals surface area contributed by atoms with E-state index in [-0.39, 0.29) is 5.41 Å². The van der Waals surface area contributed by atoms with Gasteiger partial charge in [-0.2, -0.15) is 0 Å². The fourth-order valence-corrected chi connectivity index (χ4v) is 24.5. The molecule has 0 spiro atoms. The van der Waals surface area contributed by atoms with Crippen molar-refractivity contribution in [1.29, 1.82) is 0 Å². The zero-order valence-corrected chi connectivity index (χ0v) is 45.0. The first-order valence-electron chi connectivity index (χ1n) is 21.6. The van der Waals surface area contributed by atoms with Gasteiger partial charge in [0.05, 0.1) is 0 Å². The molecule has 2 heteroatoms. The van der Waals surface area contributed by atoms with Gasteiger partial charge in [-0.1, -0.05) is 60.7 Å².